The second kappa shape index (κ2) is 6.42. The first kappa shape index (κ1) is 14.4. The van der Waals surface area contributed by atoms with E-state index in [0.29, 0.717) is 22.2 Å². The molecule has 0 saturated carbocycles. The van der Waals surface area contributed by atoms with Crippen LogP contribution in [0.15, 0.2) is 46.9 Å². The number of anilines is 1. The summed E-state index contributed by atoms with van der Waals surface area (Å²) in [4.78, 5) is 11.9. The molecule has 0 saturated heterocycles. The van der Waals surface area contributed by atoms with E-state index in [1.165, 1.54) is 0 Å². The minimum Gasteiger partial charge on any atom is -0.324 e. The van der Waals surface area contributed by atoms with Gasteiger partial charge in [0, 0.05) is 9.50 Å². The minimum absolute atomic E-state index is 0.123. The van der Waals surface area contributed by atoms with E-state index in [1.807, 2.05) is 24.3 Å². The van der Waals surface area contributed by atoms with Crippen LogP contribution < -0.4 is 5.32 Å². The van der Waals surface area contributed by atoms with Gasteiger partial charge in [0.05, 0.1) is 17.1 Å². The predicted molar refractivity (Wildman–Crippen MR) is 82.9 cm³/mol. The largest absolute Gasteiger partial charge is 0.324 e. The summed E-state index contributed by atoms with van der Waals surface area (Å²) in [5.74, 6) is -0.123. The summed E-state index contributed by atoms with van der Waals surface area (Å²) in [7, 11) is 0. The molecule has 0 bridgehead atoms. The van der Waals surface area contributed by atoms with Crippen molar-refractivity contribution in [3.63, 3.8) is 0 Å². The van der Waals surface area contributed by atoms with Crippen LogP contribution in [0.2, 0.25) is 10.0 Å². The van der Waals surface area contributed by atoms with Crippen molar-refractivity contribution >= 4 is 50.7 Å². The molecule has 0 fully saturated rings. The van der Waals surface area contributed by atoms with Gasteiger partial charge in [-0.1, -0.05) is 51.3 Å². The standard InChI is InChI=1S/C14H10BrCl2NO/c15-10-3-1-2-9(6-10)7-14(19)18-13-5-4-11(16)8-12(13)17/h1-6,8H,7H2,(H,18,19). The Morgan fingerprint density at radius 1 is 1.16 bits per heavy atom. The van der Waals surface area contributed by atoms with Crippen LogP contribution in [0, 0.1) is 0 Å². The number of rotatable bonds is 3. The van der Waals surface area contributed by atoms with Gasteiger partial charge in [-0.3, -0.25) is 4.79 Å². The molecule has 0 aliphatic heterocycles. The zero-order valence-corrected chi connectivity index (χ0v) is 12.9. The Morgan fingerprint density at radius 2 is 1.95 bits per heavy atom. The molecular formula is C14H10BrCl2NO. The highest BCUT2D eigenvalue weighted by atomic mass is 79.9. The molecule has 19 heavy (non-hydrogen) atoms. The molecule has 0 aromatic heterocycles. The fourth-order valence-electron chi connectivity index (χ4n) is 1.62. The van der Waals surface area contributed by atoms with E-state index in [0.717, 1.165) is 10.0 Å². The Hall–Kier alpha value is -1.03. The first-order valence-electron chi connectivity index (χ1n) is 5.54. The molecule has 1 N–H and O–H groups in total. The summed E-state index contributed by atoms with van der Waals surface area (Å²) in [6.45, 7) is 0. The van der Waals surface area contributed by atoms with E-state index in [9.17, 15) is 4.79 Å². The highest BCUT2D eigenvalue weighted by molar-refractivity contribution is 9.10. The van der Waals surface area contributed by atoms with E-state index in [4.69, 9.17) is 23.2 Å². The van der Waals surface area contributed by atoms with Gasteiger partial charge in [0.2, 0.25) is 5.91 Å². The Balaban J connectivity index is 2.05. The fraction of sp³-hybridized carbons (Fsp3) is 0.0714. The van der Waals surface area contributed by atoms with Gasteiger partial charge >= 0.3 is 0 Å². The molecule has 0 aliphatic carbocycles. The van der Waals surface area contributed by atoms with E-state index in [-0.39, 0.29) is 5.91 Å². The second-order valence-electron chi connectivity index (χ2n) is 3.98. The predicted octanol–water partition coefficient (Wildman–Crippen LogP) is 4.94. The third kappa shape index (κ3) is 4.23. The third-order valence-electron chi connectivity index (χ3n) is 2.46. The highest BCUT2D eigenvalue weighted by Gasteiger charge is 2.07. The van der Waals surface area contributed by atoms with Crippen molar-refractivity contribution in [3.8, 4) is 0 Å². The molecule has 0 aliphatic rings. The summed E-state index contributed by atoms with van der Waals surface area (Å²) < 4.78 is 0.947. The van der Waals surface area contributed by atoms with Crippen molar-refractivity contribution in [1.82, 2.24) is 0 Å². The normalized spacial score (nSPS) is 10.3. The maximum absolute atomic E-state index is 11.9. The highest BCUT2D eigenvalue weighted by Crippen LogP contribution is 2.25. The molecule has 2 rings (SSSR count). The molecule has 0 atom stereocenters. The van der Waals surface area contributed by atoms with Gasteiger partial charge in [-0.15, -0.1) is 0 Å². The maximum atomic E-state index is 11.9. The third-order valence-corrected chi connectivity index (χ3v) is 3.50. The number of hydrogen-bond donors (Lipinski definition) is 1. The zero-order valence-electron chi connectivity index (χ0n) is 9.79. The van der Waals surface area contributed by atoms with Crippen LogP contribution in [-0.4, -0.2) is 5.91 Å². The van der Waals surface area contributed by atoms with E-state index in [2.05, 4.69) is 21.2 Å². The van der Waals surface area contributed by atoms with Gasteiger partial charge in [0.15, 0.2) is 0 Å². The van der Waals surface area contributed by atoms with Gasteiger partial charge in [-0.05, 0) is 35.9 Å². The molecule has 2 nitrogen and oxygen atoms in total. The summed E-state index contributed by atoms with van der Waals surface area (Å²) in [6, 6.07) is 12.6. The van der Waals surface area contributed by atoms with E-state index < -0.39 is 0 Å². The molecular weight excluding hydrogens is 349 g/mol. The van der Waals surface area contributed by atoms with Crippen molar-refractivity contribution in [1.29, 1.82) is 0 Å². The Labute approximate surface area is 129 Å². The molecule has 1 amide bonds. The second-order valence-corrected chi connectivity index (χ2v) is 5.74. The monoisotopic (exact) mass is 357 g/mol. The number of carbonyl (C=O) groups excluding carboxylic acids is 1. The topological polar surface area (TPSA) is 29.1 Å². The molecule has 2 aromatic rings. The first-order chi connectivity index (χ1) is 9.04. The van der Waals surface area contributed by atoms with Gasteiger partial charge in [0.25, 0.3) is 0 Å². The molecule has 2 aromatic carbocycles. The van der Waals surface area contributed by atoms with Crippen LogP contribution >= 0.6 is 39.1 Å². The van der Waals surface area contributed by atoms with Crippen molar-refractivity contribution in [2.75, 3.05) is 5.32 Å². The lowest BCUT2D eigenvalue weighted by atomic mass is 10.1. The zero-order chi connectivity index (χ0) is 13.8. The lowest BCUT2D eigenvalue weighted by Crippen LogP contribution is -2.14. The van der Waals surface area contributed by atoms with Gasteiger partial charge < -0.3 is 5.32 Å². The van der Waals surface area contributed by atoms with Crippen LogP contribution in [0.5, 0.6) is 0 Å². The quantitative estimate of drug-likeness (QED) is 0.827. The molecule has 5 heteroatoms. The van der Waals surface area contributed by atoms with Gasteiger partial charge in [-0.2, -0.15) is 0 Å². The lowest BCUT2D eigenvalue weighted by Gasteiger charge is -2.07. The van der Waals surface area contributed by atoms with Gasteiger partial charge in [0.1, 0.15) is 0 Å². The van der Waals surface area contributed by atoms with E-state index in [1.54, 1.807) is 18.2 Å². The molecule has 0 heterocycles. The number of halogens is 3. The minimum atomic E-state index is -0.123. The number of amides is 1. The summed E-state index contributed by atoms with van der Waals surface area (Å²) in [5, 5.41) is 3.72. The van der Waals surface area contributed by atoms with Crippen molar-refractivity contribution in [2.45, 2.75) is 6.42 Å². The number of carbonyl (C=O) groups is 1. The molecule has 98 valence electrons. The maximum Gasteiger partial charge on any atom is 0.228 e. The van der Waals surface area contributed by atoms with Crippen molar-refractivity contribution in [3.05, 3.63) is 62.5 Å². The summed E-state index contributed by atoms with van der Waals surface area (Å²) >= 11 is 15.2. The van der Waals surface area contributed by atoms with Crippen LogP contribution in [0.25, 0.3) is 0 Å². The average Bonchev–Trinajstić information content (AvgIpc) is 2.33. The Kier molecular flexibility index (Phi) is 4.86. The average molecular weight is 359 g/mol. The number of benzene rings is 2. The number of nitrogens with one attached hydrogen (secondary N) is 1. The van der Waals surface area contributed by atoms with Crippen LogP contribution in [-0.2, 0) is 11.2 Å². The van der Waals surface area contributed by atoms with Crippen LogP contribution in [0.1, 0.15) is 5.56 Å². The van der Waals surface area contributed by atoms with E-state index >= 15 is 0 Å². The van der Waals surface area contributed by atoms with Crippen LogP contribution in [0.3, 0.4) is 0 Å². The van der Waals surface area contributed by atoms with Crippen molar-refractivity contribution in [2.24, 2.45) is 0 Å². The summed E-state index contributed by atoms with van der Waals surface area (Å²) in [6.07, 6.45) is 0.290. The smallest absolute Gasteiger partial charge is 0.228 e. The van der Waals surface area contributed by atoms with Crippen LogP contribution in [0.4, 0.5) is 5.69 Å². The SMILES string of the molecule is O=C(Cc1cccc(Br)c1)Nc1ccc(Cl)cc1Cl. The number of hydrogen-bond acceptors (Lipinski definition) is 1. The Morgan fingerprint density at radius 3 is 2.63 bits per heavy atom. The Bertz CT molecular complexity index is 616. The van der Waals surface area contributed by atoms with Crippen molar-refractivity contribution < 1.29 is 4.79 Å². The molecule has 0 spiro atoms. The van der Waals surface area contributed by atoms with Gasteiger partial charge in [-0.25, -0.2) is 0 Å². The summed E-state index contributed by atoms with van der Waals surface area (Å²) in [5.41, 5.74) is 1.49. The molecule has 0 unspecified atom stereocenters. The fourth-order valence-corrected chi connectivity index (χ4v) is 2.52. The molecule has 0 radical (unpaired) electrons. The first-order valence-corrected chi connectivity index (χ1v) is 7.09. The lowest BCUT2D eigenvalue weighted by molar-refractivity contribution is -0.115.